The summed E-state index contributed by atoms with van der Waals surface area (Å²) in [5.41, 5.74) is 1.10. The Kier molecular flexibility index (Phi) is 3.42. The van der Waals surface area contributed by atoms with Gasteiger partial charge in [0.05, 0.1) is 0 Å². The molecule has 1 heterocycles. The van der Waals surface area contributed by atoms with Crippen LogP contribution in [-0.2, 0) is 6.54 Å². The van der Waals surface area contributed by atoms with Crippen LogP contribution in [0.3, 0.4) is 0 Å². The second-order valence-electron chi connectivity index (χ2n) is 4.69. The number of nitrogens with one attached hydrogen (secondary N) is 1. The molecule has 2 aromatic rings. The molecule has 1 aliphatic carbocycles. The molecule has 1 saturated carbocycles. The first-order valence-corrected chi connectivity index (χ1v) is 6.42. The number of nitrogens with zero attached hydrogens (tertiary/aromatic N) is 1. The lowest BCUT2D eigenvalue weighted by Gasteiger charge is -2.07. The fourth-order valence-corrected chi connectivity index (χ4v) is 1.77. The Labute approximate surface area is 111 Å². The van der Waals surface area contributed by atoms with Gasteiger partial charge in [-0.1, -0.05) is 18.2 Å². The van der Waals surface area contributed by atoms with E-state index in [0.29, 0.717) is 11.9 Å². The maximum absolute atomic E-state index is 13.4. The predicted octanol–water partition coefficient (Wildman–Crippen LogP) is 3.27. The van der Waals surface area contributed by atoms with Crippen molar-refractivity contribution in [3.05, 3.63) is 54.0 Å². The zero-order valence-corrected chi connectivity index (χ0v) is 10.5. The number of hydrogen-bond acceptors (Lipinski definition) is 3. The Bertz CT molecular complexity index is 552. The summed E-state index contributed by atoms with van der Waals surface area (Å²) < 4.78 is 18.8. The van der Waals surface area contributed by atoms with Gasteiger partial charge in [-0.3, -0.25) is 0 Å². The molecule has 0 saturated heterocycles. The molecule has 0 bridgehead atoms. The van der Waals surface area contributed by atoms with E-state index in [1.807, 2.05) is 6.07 Å². The highest BCUT2D eigenvalue weighted by molar-refractivity contribution is 5.29. The van der Waals surface area contributed by atoms with Crippen molar-refractivity contribution in [2.75, 3.05) is 0 Å². The summed E-state index contributed by atoms with van der Waals surface area (Å²) in [4.78, 5) is 4.18. The molecule has 19 heavy (non-hydrogen) atoms. The van der Waals surface area contributed by atoms with Gasteiger partial charge in [-0.2, -0.15) is 0 Å². The Morgan fingerprint density at radius 1 is 1.21 bits per heavy atom. The second-order valence-corrected chi connectivity index (χ2v) is 4.69. The summed E-state index contributed by atoms with van der Waals surface area (Å²) in [6.07, 6.45) is 4.29. The molecule has 1 aromatic heterocycles. The lowest BCUT2D eigenvalue weighted by atomic mass is 10.3. The molecule has 1 fully saturated rings. The van der Waals surface area contributed by atoms with E-state index < -0.39 is 0 Å². The van der Waals surface area contributed by atoms with Crippen LogP contribution in [0, 0.1) is 5.82 Å². The molecule has 1 N–H and O–H groups in total. The van der Waals surface area contributed by atoms with E-state index in [2.05, 4.69) is 10.3 Å². The number of benzene rings is 1. The van der Waals surface area contributed by atoms with Crippen molar-refractivity contribution in [2.24, 2.45) is 0 Å². The van der Waals surface area contributed by atoms with Crippen molar-refractivity contribution in [1.82, 2.24) is 10.3 Å². The van der Waals surface area contributed by atoms with Crippen LogP contribution >= 0.6 is 0 Å². The Morgan fingerprint density at radius 3 is 2.74 bits per heavy atom. The van der Waals surface area contributed by atoms with Crippen molar-refractivity contribution < 1.29 is 9.13 Å². The number of ether oxygens (including phenoxy) is 1. The van der Waals surface area contributed by atoms with Crippen LogP contribution in [0.25, 0.3) is 0 Å². The van der Waals surface area contributed by atoms with Gasteiger partial charge >= 0.3 is 0 Å². The molecule has 98 valence electrons. The molecule has 3 rings (SSSR count). The fourth-order valence-electron chi connectivity index (χ4n) is 1.77. The standard InChI is InChI=1S/C15H15FN2O/c16-13-3-1-2-4-14(13)19-15-8-5-11(10-18-15)9-17-12-6-7-12/h1-5,8,10,12,17H,6-7,9H2. The predicted molar refractivity (Wildman–Crippen MR) is 70.6 cm³/mol. The summed E-state index contributed by atoms with van der Waals surface area (Å²) >= 11 is 0. The van der Waals surface area contributed by atoms with E-state index >= 15 is 0 Å². The summed E-state index contributed by atoms with van der Waals surface area (Å²) in [5, 5.41) is 3.41. The molecule has 0 aliphatic heterocycles. The number of pyridine rings is 1. The number of aromatic nitrogens is 1. The minimum atomic E-state index is -0.385. The largest absolute Gasteiger partial charge is 0.436 e. The Morgan fingerprint density at radius 2 is 2.05 bits per heavy atom. The van der Waals surface area contributed by atoms with Crippen molar-refractivity contribution in [2.45, 2.75) is 25.4 Å². The van der Waals surface area contributed by atoms with Crippen molar-refractivity contribution in [3.8, 4) is 11.6 Å². The van der Waals surface area contributed by atoms with Gasteiger partial charge in [0.2, 0.25) is 5.88 Å². The third-order valence-corrected chi connectivity index (χ3v) is 3.02. The lowest BCUT2D eigenvalue weighted by molar-refractivity contribution is 0.427. The molecule has 3 nitrogen and oxygen atoms in total. The van der Waals surface area contributed by atoms with Crippen molar-refractivity contribution in [1.29, 1.82) is 0 Å². The minimum Gasteiger partial charge on any atom is -0.436 e. The summed E-state index contributed by atoms with van der Waals surface area (Å²) in [6, 6.07) is 10.7. The molecule has 4 heteroatoms. The molecule has 1 aliphatic rings. The first-order chi connectivity index (χ1) is 9.31. The van der Waals surface area contributed by atoms with Gasteiger partial charge in [0.25, 0.3) is 0 Å². The molecule has 0 unspecified atom stereocenters. The highest BCUT2D eigenvalue weighted by atomic mass is 19.1. The maximum Gasteiger partial charge on any atom is 0.219 e. The van der Waals surface area contributed by atoms with E-state index in [9.17, 15) is 4.39 Å². The average Bonchev–Trinajstić information content (AvgIpc) is 3.25. The molecule has 0 spiro atoms. The smallest absolute Gasteiger partial charge is 0.219 e. The Balaban J connectivity index is 1.63. The summed E-state index contributed by atoms with van der Waals surface area (Å²) in [5.74, 6) is 0.211. The third kappa shape index (κ3) is 3.29. The van der Waals surface area contributed by atoms with Crippen LogP contribution in [0.4, 0.5) is 4.39 Å². The van der Waals surface area contributed by atoms with Gasteiger partial charge < -0.3 is 10.1 Å². The van der Waals surface area contributed by atoms with E-state index in [0.717, 1.165) is 12.1 Å². The van der Waals surface area contributed by atoms with Gasteiger partial charge in [-0.25, -0.2) is 9.37 Å². The van der Waals surface area contributed by atoms with E-state index in [-0.39, 0.29) is 11.6 Å². The number of para-hydroxylation sites is 1. The number of rotatable bonds is 5. The zero-order chi connectivity index (χ0) is 13.1. The third-order valence-electron chi connectivity index (χ3n) is 3.02. The Hall–Kier alpha value is -1.94. The normalized spacial score (nSPS) is 14.4. The van der Waals surface area contributed by atoms with E-state index in [1.54, 1.807) is 30.5 Å². The lowest BCUT2D eigenvalue weighted by Crippen LogP contribution is -2.15. The highest BCUT2D eigenvalue weighted by Crippen LogP contribution is 2.23. The molecule has 0 radical (unpaired) electrons. The molecular weight excluding hydrogens is 243 g/mol. The average molecular weight is 258 g/mol. The van der Waals surface area contributed by atoms with Gasteiger partial charge in [-0.15, -0.1) is 0 Å². The monoisotopic (exact) mass is 258 g/mol. The zero-order valence-electron chi connectivity index (χ0n) is 10.5. The van der Waals surface area contributed by atoms with Crippen LogP contribution in [0.2, 0.25) is 0 Å². The number of halogens is 1. The van der Waals surface area contributed by atoms with Gasteiger partial charge in [0.1, 0.15) is 0 Å². The quantitative estimate of drug-likeness (QED) is 0.893. The fraction of sp³-hybridized carbons (Fsp3) is 0.267. The SMILES string of the molecule is Fc1ccccc1Oc1ccc(CNC2CC2)cn1. The first-order valence-electron chi connectivity index (χ1n) is 6.42. The molecular formula is C15H15FN2O. The first kappa shape index (κ1) is 12.1. The van der Waals surface area contributed by atoms with Crippen LogP contribution in [0.15, 0.2) is 42.6 Å². The van der Waals surface area contributed by atoms with E-state index in [1.165, 1.54) is 18.9 Å². The molecule has 0 atom stereocenters. The van der Waals surface area contributed by atoms with Crippen LogP contribution in [0.1, 0.15) is 18.4 Å². The summed E-state index contributed by atoms with van der Waals surface area (Å²) in [7, 11) is 0. The van der Waals surface area contributed by atoms with Gasteiger partial charge in [0.15, 0.2) is 11.6 Å². The van der Waals surface area contributed by atoms with Crippen molar-refractivity contribution in [3.63, 3.8) is 0 Å². The molecule has 1 aromatic carbocycles. The minimum absolute atomic E-state index is 0.193. The number of hydrogen-bond donors (Lipinski definition) is 1. The highest BCUT2D eigenvalue weighted by Gasteiger charge is 2.19. The molecule has 0 amide bonds. The van der Waals surface area contributed by atoms with Crippen LogP contribution in [0.5, 0.6) is 11.6 Å². The van der Waals surface area contributed by atoms with Gasteiger partial charge in [0, 0.05) is 24.8 Å². The van der Waals surface area contributed by atoms with Gasteiger partial charge in [-0.05, 0) is 30.5 Å². The van der Waals surface area contributed by atoms with E-state index in [4.69, 9.17) is 4.74 Å². The maximum atomic E-state index is 13.4. The topological polar surface area (TPSA) is 34.1 Å². The second kappa shape index (κ2) is 5.36. The van der Waals surface area contributed by atoms with Crippen molar-refractivity contribution >= 4 is 0 Å². The van der Waals surface area contributed by atoms with Crippen LogP contribution in [-0.4, -0.2) is 11.0 Å². The summed E-state index contributed by atoms with van der Waals surface area (Å²) in [6.45, 7) is 0.817. The van der Waals surface area contributed by atoms with Crippen LogP contribution < -0.4 is 10.1 Å².